The maximum absolute atomic E-state index is 11.5. The summed E-state index contributed by atoms with van der Waals surface area (Å²) in [6.07, 6.45) is 0. The highest BCUT2D eigenvalue weighted by Crippen LogP contribution is 2.50. The van der Waals surface area contributed by atoms with Crippen LogP contribution in [0.2, 0.25) is 0 Å². The van der Waals surface area contributed by atoms with Crippen LogP contribution in [0.1, 0.15) is 34.6 Å². The third-order valence-electron chi connectivity index (χ3n) is 2.58. The SMILES string of the molecule is CC(=O)N1[C@@H](C(=O)O)C(C)(C)SC1(C)C. The van der Waals surface area contributed by atoms with Gasteiger partial charge in [0, 0.05) is 11.7 Å². The molecule has 0 aliphatic carbocycles. The molecule has 1 aliphatic heterocycles. The number of hydrogen-bond donors (Lipinski definition) is 1. The first-order valence-corrected chi connectivity index (χ1v) is 5.64. The third-order valence-corrected chi connectivity index (χ3v) is 4.03. The Morgan fingerprint density at radius 3 is 2.00 bits per heavy atom. The molecule has 1 atom stereocenters. The molecule has 0 aromatic heterocycles. The predicted molar refractivity (Wildman–Crippen MR) is 59.7 cm³/mol. The summed E-state index contributed by atoms with van der Waals surface area (Å²) in [4.78, 5) is 23.7. The van der Waals surface area contributed by atoms with Crippen LogP contribution in [0.15, 0.2) is 0 Å². The number of carbonyl (C=O) groups is 2. The second kappa shape index (κ2) is 3.40. The van der Waals surface area contributed by atoms with Crippen molar-refractivity contribution in [3.63, 3.8) is 0 Å². The van der Waals surface area contributed by atoms with Gasteiger partial charge in [0.05, 0.1) is 4.87 Å². The lowest BCUT2D eigenvalue weighted by molar-refractivity contribution is -0.151. The van der Waals surface area contributed by atoms with Gasteiger partial charge in [0.15, 0.2) is 0 Å². The summed E-state index contributed by atoms with van der Waals surface area (Å²) in [6.45, 7) is 8.90. The van der Waals surface area contributed by atoms with Crippen molar-refractivity contribution in [2.24, 2.45) is 0 Å². The Kier molecular flexibility index (Phi) is 2.80. The number of carbonyl (C=O) groups excluding carboxylic acids is 1. The van der Waals surface area contributed by atoms with Crippen LogP contribution in [0, 0.1) is 0 Å². The number of thioether (sulfide) groups is 1. The zero-order chi connectivity index (χ0) is 12.0. The lowest BCUT2D eigenvalue weighted by Crippen LogP contribution is -2.52. The molecule has 1 N–H and O–H groups in total. The number of carboxylic acids is 1. The van der Waals surface area contributed by atoms with Crippen LogP contribution in [0.3, 0.4) is 0 Å². The molecule has 86 valence electrons. The fraction of sp³-hybridized carbons (Fsp3) is 0.800. The lowest BCUT2D eigenvalue weighted by Gasteiger charge is -2.32. The van der Waals surface area contributed by atoms with E-state index in [0.717, 1.165) is 0 Å². The lowest BCUT2D eigenvalue weighted by atomic mass is 10.0. The van der Waals surface area contributed by atoms with Crippen molar-refractivity contribution >= 4 is 23.6 Å². The molecule has 1 fully saturated rings. The maximum Gasteiger partial charge on any atom is 0.327 e. The van der Waals surface area contributed by atoms with Crippen LogP contribution in [0.25, 0.3) is 0 Å². The van der Waals surface area contributed by atoms with Crippen molar-refractivity contribution in [2.45, 2.75) is 50.3 Å². The van der Waals surface area contributed by atoms with Crippen molar-refractivity contribution in [3.05, 3.63) is 0 Å². The van der Waals surface area contributed by atoms with Gasteiger partial charge in [-0.15, -0.1) is 11.8 Å². The van der Waals surface area contributed by atoms with Gasteiger partial charge in [-0.05, 0) is 27.7 Å². The molecule has 0 spiro atoms. The van der Waals surface area contributed by atoms with Crippen LogP contribution in [0.5, 0.6) is 0 Å². The summed E-state index contributed by atoms with van der Waals surface area (Å²) in [6, 6.07) is -0.755. The molecule has 5 heteroatoms. The topological polar surface area (TPSA) is 57.6 Å². The summed E-state index contributed by atoms with van der Waals surface area (Å²) >= 11 is 1.52. The molecule has 0 unspecified atom stereocenters. The van der Waals surface area contributed by atoms with Crippen molar-refractivity contribution < 1.29 is 14.7 Å². The molecule has 1 aliphatic rings. The van der Waals surface area contributed by atoms with E-state index in [0.29, 0.717) is 0 Å². The summed E-state index contributed by atoms with van der Waals surface area (Å²) in [7, 11) is 0. The molecule has 0 aromatic carbocycles. The van der Waals surface area contributed by atoms with E-state index >= 15 is 0 Å². The van der Waals surface area contributed by atoms with Gasteiger partial charge in [-0.3, -0.25) is 4.79 Å². The van der Waals surface area contributed by atoms with Gasteiger partial charge in [-0.25, -0.2) is 4.79 Å². The summed E-state index contributed by atoms with van der Waals surface area (Å²) in [5.41, 5.74) is 0. The molecular formula is C10H17NO3S. The Morgan fingerprint density at radius 1 is 1.27 bits per heavy atom. The molecule has 1 saturated heterocycles. The molecular weight excluding hydrogens is 214 g/mol. The maximum atomic E-state index is 11.5. The second-order valence-electron chi connectivity index (χ2n) is 4.78. The van der Waals surface area contributed by atoms with Gasteiger partial charge in [0.2, 0.25) is 5.91 Å². The summed E-state index contributed by atoms with van der Waals surface area (Å²) < 4.78 is -0.457. The standard InChI is InChI=1S/C10H17NO3S/c1-6(12)11-7(8(13)14)9(2,3)15-10(11,4)5/h7H,1-5H3,(H,13,14)/t7-/m0/s1. The van der Waals surface area contributed by atoms with E-state index in [1.165, 1.54) is 23.6 Å². The quantitative estimate of drug-likeness (QED) is 0.744. The number of nitrogens with zero attached hydrogens (tertiary/aromatic N) is 1. The summed E-state index contributed by atoms with van der Waals surface area (Å²) in [5.74, 6) is -1.13. The predicted octanol–water partition coefficient (Wildman–Crippen LogP) is 1.55. The first-order valence-electron chi connectivity index (χ1n) is 4.82. The van der Waals surface area contributed by atoms with Crippen molar-refractivity contribution in [1.29, 1.82) is 0 Å². The van der Waals surface area contributed by atoms with Crippen LogP contribution in [-0.2, 0) is 9.59 Å². The van der Waals surface area contributed by atoms with E-state index in [1.54, 1.807) is 0 Å². The molecule has 1 heterocycles. The fourth-order valence-electron chi connectivity index (χ4n) is 2.34. The fourth-order valence-corrected chi connectivity index (χ4v) is 4.28. The van der Waals surface area contributed by atoms with E-state index in [-0.39, 0.29) is 5.91 Å². The number of hydrogen-bond acceptors (Lipinski definition) is 3. The minimum absolute atomic E-state index is 0.189. The number of rotatable bonds is 1. The molecule has 0 radical (unpaired) electrons. The molecule has 0 aromatic rings. The first kappa shape index (κ1) is 12.4. The molecule has 4 nitrogen and oxygen atoms in total. The van der Waals surface area contributed by atoms with Gasteiger partial charge in [-0.1, -0.05) is 0 Å². The van der Waals surface area contributed by atoms with Crippen LogP contribution in [-0.4, -0.2) is 37.5 Å². The van der Waals surface area contributed by atoms with Gasteiger partial charge < -0.3 is 10.0 Å². The molecule has 15 heavy (non-hydrogen) atoms. The average molecular weight is 231 g/mol. The minimum Gasteiger partial charge on any atom is -0.480 e. The first-order chi connectivity index (χ1) is 6.59. The van der Waals surface area contributed by atoms with E-state index < -0.39 is 21.6 Å². The van der Waals surface area contributed by atoms with E-state index in [9.17, 15) is 14.7 Å². The average Bonchev–Trinajstić information content (AvgIpc) is 2.13. The van der Waals surface area contributed by atoms with E-state index in [2.05, 4.69) is 0 Å². The second-order valence-corrected chi connectivity index (χ2v) is 7.04. The minimum atomic E-state index is -0.937. The zero-order valence-corrected chi connectivity index (χ0v) is 10.5. The van der Waals surface area contributed by atoms with Crippen LogP contribution < -0.4 is 0 Å². The Bertz CT molecular complexity index is 282. The Morgan fingerprint density at radius 2 is 1.73 bits per heavy atom. The van der Waals surface area contributed by atoms with Crippen LogP contribution >= 0.6 is 11.8 Å². The molecule has 0 bridgehead atoms. The monoisotopic (exact) mass is 231 g/mol. The van der Waals surface area contributed by atoms with E-state index in [4.69, 9.17) is 0 Å². The summed E-state index contributed by atoms with van der Waals surface area (Å²) in [5, 5.41) is 9.19. The van der Waals surface area contributed by atoms with Crippen molar-refractivity contribution in [2.75, 3.05) is 0 Å². The number of carboxylic acid groups (broad SMARTS) is 1. The van der Waals surface area contributed by atoms with Crippen molar-refractivity contribution in [3.8, 4) is 0 Å². The number of amides is 1. The Hall–Kier alpha value is -0.710. The normalized spacial score (nSPS) is 27.8. The zero-order valence-electron chi connectivity index (χ0n) is 9.70. The molecule has 1 rings (SSSR count). The highest BCUT2D eigenvalue weighted by Gasteiger charge is 2.56. The highest BCUT2D eigenvalue weighted by molar-refractivity contribution is 8.02. The Labute approximate surface area is 94.0 Å². The van der Waals surface area contributed by atoms with Gasteiger partial charge >= 0.3 is 5.97 Å². The van der Waals surface area contributed by atoms with E-state index in [1.807, 2.05) is 27.7 Å². The highest BCUT2D eigenvalue weighted by atomic mass is 32.2. The van der Waals surface area contributed by atoms with Gasteiger partial charge in [-0.2, -0.15) is 0 Å². The largest absolute Gasteiger partial charge is 0.480 e. The number of aliphatic carboxylic acids is 1. The molecule has 0 saturated carbocycles. The smallest absolute Gasteiger partial charge is 0.327 e. The third kappa shape index (κ3) is 1.97. The van der Waals surface area contributed by atoms with Gasteiger partial charge in [0.25, 0.3) is 0 Å². The molecule has 1 amide bonds. The Balaban J connectivity index is 3.20. The van der Waals surface area contributed by atoms with Gasteiger partial charge in [0.1, 0.15) is 6.04 Å². The van der Waals surface area contributed by atoms with Crippen LogP contribution in [0.4, 0.5) is 0 Å². The van der Waals surface area contributed by atoms with Crippen molar-refractivity contribution in [1.82, 2.24) is 4.90 Å².